The molecule has 4 rings (SSSR count). The van der Waals surface area contributed by atoms with Crippen molar-refractivity contribution in [1.82, 2.24) is 15.0 Å². The molecule has 0 saturated heterocycles. The fourth-order valence-corrected chi connectivity index (χ4v) is 5.33. The maximum absolute atomic E-state index is 12.5. The van der Waals surface area contributed by atoms with Crippen LogP contribution in [0.4, 0.5) is 0 Å². The number of benzene rings is 1. The van der Waals surface area contributed by atoms with Gasteiger partial charge in [0, 0.05) is 23.4 Å². The summed E-state index contributed by atoms with van der Waals surface area (Å²) in [6, 6.07) is 3.56. The van der Waals surface area contributed by atoms with Crippen molar-refractivity contribution in [2.24, 2.45) is 0 Å². The third kappa shape index (κ3) is 7.59. The predicted octanol–water partition coefficient (Wildman–Crippen LogP) is 6.58. The fraction of sp³-hybridized carbons (Fsp3) is 0.621. The van der Waals surface area contributed by atoms with Crippen molar-refractivity contribution in [3.63, 3.8) is 0 Å². The molecular weight excluding hydrogens is 550 g/mol. The normalized spacial score (nSPS) is 14.4. The second-order valence-corrected chi connectivity index (χ2v) is 11.5. The zero-order chi connectivity index (χ0) is 27.0. The largest absolute Gasteiger partial charge is 0.490 e. The Labute approximate surface area is 233 Å². The first kappa shape index (κ1) is 28.6. The number of aromatic nitrogens is 3. The predicted molar refractivity (Wildman–Crippen MR) is 152 cm³/mol. The second-order valence-electron chi connectivity index (χ2n) is 10.7. The van der Waals surface area contributed by atoms with E-state index in [0.29, 0.717) is 30.2 Å². The number of nitrogens with zero attached hydrogens (tertiary/aromatic N) is 3. The second kappa shape index (κ2) is 13.6. The van der Waals surface area contributed by atoms with Crippen molar-refractivity contribution >= 4 is 26.9 Å². The summed E-state index contributed by atoms with van der Waals surface area (Å²) in [5, 5.41) is 10.5. The fourth-order valence-electron chi connectivity index (χ4n) is 4.94. The quantitative estimate of drug-likeness (QED) is 0.112. The summed E-state index contributed by atoms with van der Waals surface area (Å²) in [5.41, 5.74) is 2.27. The number of methoxy groups -OCH3 is 1. The van der Waals surface area contributed by atoms with Crippen LogP contribution in [0.15, 0.2) is 27.5 Å². The molecule has 3 heterocycles. The van der Waals surface area contributed by atoms with Crippen molar-refractivity contribution < 1.29 is 18.6 Å². The van der Waals surface area contributed by atoms with E-state index in [1.54, 1.807) is 11.8 Å². The van der Waals surface area contributed by atoms with E-state index in [1.165, 1.54) is 51.0 Å². The summed E-state index contributed by atoms with van der Waals surface area (Å²) < 4.78 is 25.0. The molecule has 0 aliphatic carbocycles. The molecule has 9 heteroatoms. The first-order valence-electron chi connectivity index (χ1n) is 13.8. The number of rotatable bonds is 15. The molecule has 3 aromatic rings. The highest BCUT2D eigenvalue weighted by Crippen LogP contribution is 2.45. The third-order valence-corrected chi connectivity index (χ3v) is 7.59. The van der Waals surface area contributed by atoms with Crippen LogP contribution < -0.4 is 15.1 Å². The lowest BCUT2D eigenvalue weighted by Gasteiger charge is -2.33. The molecule has 0 unspecified atom stereocenters. The van der Waals surface area contributed by atoms with E-state index in [0.717, 1.165) is 53.4 Å². The average molecular weight is 591 g/mol. The van der Waals surface area contributed by atoms with E-state index >= 15 is 0 Å². The number of halogens is 1. The van der Waals surface area contributed by atoms with Gasteiger partial charge in [-0.3, -0.25) is 0 Å². The van der Waals surface area contributed by atoms with E-state index in [4.69, 9.17) is 18.6 Å². The molecule has 0 bridgehead atoms. The van der Waals surface area contributed by atoms with Gasteiger partial charge in [0.2, 0.25) is 5.75 Å². The molecule has 1 aliphatic heterocycles. The van der Waals surface area contributed by atoms with E-state index < -0.39 is 5.63 Å². The highest BCUT2D eigenvalue weighted by Gasteiger charge is 2.31. The van der Waals surface area contributed by atoms with Gasteiger partial charge < -0.3 is 18.6 Å². The summed E-state index contributed by atoms with van der Waals surface area (Å²) in [4.78, 5) is 12.5. The summed E-state index contributed by atoms with van der Waals surface area (Å²) in [5.74, 6) is 1.12. The summed E-state index contributed by atoms with van der Waals surface area (Å²) >= 11 is 3.48. The van der Waals surface area contributed by atoms with Crippen LogP contribution in [0.25, 0.3) is 11.0 Å². The van der Waals surface area contributed by atoms with Crippen LogP contribution in [-0.4, -0.2) is 39.6 Å². The van der Waals surface area contributed by atoms with Gasteiger partial charge in [0.25, 0.3) is 0 Å². The van der Waals surface area contributed by atoms with E-state index in [9.17, 15) is 4.79 Å². The molecule has 2 aromatic heterocycles. The van der Waals surface area contributed by atoms with Crippen LogP contribution in [-0.2, 0) is 24.3 Å². The van der Waals surface area contributed by atoms with Crippen molar-refractivity contribution in [3.8, 4) is 11.5 Å². The molecule has 0 radical (unpaired) electrons. The first-order valence-corrected chi connectivity index (χ1v) is 14.9. The molecular formula is C29H40BrN3O5. The van der Waals surface area contributed by atoms with Gasteiger partial charge in [-0.2, -0.15) is 0 Å². The minimum Gasteiger partial charge on any atom is -0.490 e. The van der Waals surface area contributed by atoms with Crippen LogP contribution in [0.1, 0.15) is 88.5 Å². The van der Waals surface area contributed by atoms with Crippen LogP contribution in [0.2, 0.25) is 0 Å². The Morgan fingerprint density at radius 3 is 2.55 bits per heavy atom. The maximum atomic E-state index is 12.5. The minimum absolute atomic E-state index is 0.308. The number of hydrogen-bond acceptors (Lipinski definition) is 7. The lowest BCUT2D eigenvalue weighted by molar-refractivity contribution is 0.0806. The topological polar surface area (TPSA) is 88.6 Å². The number of fused-ring (bicyclic) bond motifs is 2. The third-order valence-electron chi connectivity index (χ3n) is 7.03. The van der Waals surface area contributed by atoms with Gasteiger partial charge >= 0.3 is 5.63 Å². The molecule has 0 atom stereocenters. The van der Waals surface area contributed by atoms with Gasteiger partial charge in [-0.15, -0.1) is 5.10 Å². The van der Waals surface area contributed by atoms with Gasteiger partial charge in [0.15, 0.2) is 11.3 Å². The highest BCUT2D eigenvalue weighted by atomic mass is 79.9. The van der Waals surface area contributed by atoms with Crippen LogP contribution in [0.3, 0.4) is 0 Å². The molecule has 38 heavy (non-hydrogen) atoms. The zero-order valence-corrected chi connectivity index (χ0v) is 24.5. The lowest BCUT2D eigenvalue weighted by atomic mass is 9.92. The molecule has 0 spiro atoms. The number of unbranched alkanes of at least 4 members (excludes halogenated alkanes) is 7. The van der Waals surface area contributed by atoms with Crippen LogP contribution in [0.5, 0.6) is 11.5 Å². The number of alkyl halides is 1. The SMILES string of the molecule is COc1c2c(cc3c(Cn4cc(COCCCCCCCCCCBr)nn4)cc(=O)oc13)CCC(C)(C)O2. The zero-order valence-electron chi connectivity index (χ0n) is 22.9. The monoisotopic (exact) mass is 589 g/mol. The van der Waals surface area contributed by atoms with Crippen molar-refractivity contribution in [3.05, 3.63) is 45.6 Å². The van der Waals surface area contributed by atoms with Gasteiger partial charge in [-0.25, -0.2) is 9.48 Å². The van der Waals surface area contributed by atoms with E-state index in [2.05, 4.69) is 26.2 Å². The Morgan fingerprint density at radius 2 is 1.82 bits per heavy atom. The van der Waals surface area contributed by atoms with Crippen LogP contribution in [0, 0.1) is 0 Å². The molecule has 8 nitrogen and oxygen atoms in total. The van der Waals surface area contributed by atoms with Gasteiger partial charge in [0.1, 0.15) is 11.3 Å². The molecule has 1 aliphatic rings. The number of ether oxygens (including phenoxy) is 3. The standard InChI is InChI=1S/C29H40BrN3O5/c1-29(2)13-12-21-16-24-22(17-25(34)37-27(24)28(35-3)26(21)38-29)18-33-19-23(31-32-33)20-36-15-11-9-7-5-4-6-8-10-14-30/h16-17,19H,4-15,18,20H2,1-3H3. The van der Waals surface area contributed by atoms with Gasteiger partial charge in [-0.1, -0.05) is 59.7 Å². The number of aryl methyl sites for hydroxylation is 1. The molecule has 0 amide bonds. The van der Waals surface area contributed by atoms with Crippen molar-refractivity contribution in [2.75, 3.05) is 19.0 Å². The van der Waals surface area contributed by atoms with Gasteiger partial charge in [-0.05, 0) is 56.7 Å². The molecule has 1 aromatic carbocycles. The summed E-state index contributed by atoms with van der Waals surface area (Å²) in [7, 11) is 1.57. The summed E-state index contributed by atoms with van der Waals surface area (Å²) in [6.07, 6.45) is 13.7. The lowest BCUT2D eigenvalue weighted by Crippen LogP contribution is -2.32. The Morgan fingerprint density at radius 1 is 1.08 bits per heavy atom. The molecule has 0 N–H and O–H groups in total. The van der Waals surface area contributed by atoms with E-state index in [-0.39, 0.29) is 5.60 Å². The summed E-state index contributed by atoms with van der Waals surface area (Å²) in [6.45, 7) is 5.64. The van der Waals surface area contributed by atoms with E-state index in [1.807, 2.05) is 26.1 Å². The van der Waals surface area contributed by atoms with Crippen molar-refractivity contribution in [1.29, 1.82) is 0 Å². The Bertz CT molecular complexity index is 1250. The minimum atomic E-state index is -0.441. The average Bonchev–Trinajstić information content (AvgIpc) is 3.33. The number of hydrogen-bond donors (Lipinski definition) is 0. The first-order chi connectivity index (χ1) is 18.4. The Hall–Kier alpha value is -2.39. The maximum Gasteiger partial charge on any atom is 0.336 e. The Balaban J connectivity index is 1.33. The molecule has 0 fully saturated rings. The Kier molecular flexibility index (Phi) is 10.2. The molecule has 208 valence electrons. The van der Waals surface area contributed by atoms with Crippen LogP contribution >= 0.6 is 15.9 Å². The van der Waals surface area contributed by atoms with Gasteiger partial charge in [0.05, 0.1) is 26.5 Å². The molecule has 0 saturated carbocycles. The highest BCUT2D eigenvalue weighted by molar-refractivity contribution is 9.09. The van der Waals surface area contributed by atoms with Crippen molar-refractivity contribution in [2.45, 2.75) is 96.8 Å². The smallest absolute Gasteiger partial charge is 0.336 e.